The molecule has 0 spiro atoms. The molecule has 0 unspecified atom stereocenters. The van der Waals surface area contributed by atoms with Crippen molar-refractivity contribution < 1.29 is 17.9 Å². The average Bonchev–Trinajstić information content (AvgIpc) is 2.56. The molecule has 0 N–H and O–H groups in total. The Labute approximate surface area is 144 Å². The lowest BCUT2D eigenvalue weighted by molar-refractivity contribution is -0.137. The van der Waals surface area contributed by atoms with Gasteiger partial charge in [0, 0.05) is 20.1 Å². The summed E-state index contributed by atoms with van der Waals surface area (Å²) < 4.78 is 32.2. The van der Waals surface area contributed by atoms with Gasteiger partial charge in [0.25, 0.3) is 0 Å². The molecule has 1 saturated heterocycles. The molecule has 1 amide bonds. The molecule has 0 radical (unpaired) electrons. The van der Waals surface area contributed by atoms with Crippen molar-refractivity contribution in [2.24, 2.45) is 0 Å². The number of nitrogens with zero attached hydrogens (tertiary/aromatic N) is 2. The van der Waals surface area contributed by atoms with E-state index < -0.39 is 16.1 Å². The van der Waals surface area contributed by atoms with Crippen LogP contribution < -0.4 is 4.74 Å². The summed E-state index contributed by atoms with van der Waals surface area (Å²) in [6, 6.07) is 8.54. The van der Waals surface area contributed by atoms with Crippen molar-refractivity contribution in [3.8, 4) is 5.75 Å². The lowest BCUT2D eigenvalue weighted by Gasteiger charge is -2.38. The third-order valence-corrected chi connectivity index (χ3v) is 6.04. The molecule has 0 saturated carbocycles. The zero-order valence-electron chi connectivity index (χ0n) is 14.3. The third-order valence-electron chi connectivity index (χ3n) is 4.21. The highest BCUT2D eigenvalue weighted by Crippen LogP contribution is 2.20. The number of piperazine rings is 1. The molecular formula is C17H26N2O4S. The van der Waals surface area contributed by atoms with E-state index in [2.05, 4.69) is 0 Å². The summed E-state index contributed by atoms with van der Waals surface area (Å²) in [5.74, 6) is 0.411. The van der Waals surface area contributed by atoms with E-state index in [0.29, 0.717) is 25.3 Å². The first-order chi connectivity index (χ1) is 11.5. The number of carbonyl (C=O) groups excluding carboxylic acids is 1. The second-order valence-corrected chi connectivity index (χ2v) is 8.05. The molecular weight excluding hydrogens is 328 g/mol. The Morgan fingerprint density at radius 2 is 1.92 bits per heavy atom. The van der Waals surface area contributed by atoms with Crippen molar-refractivity contribution in [2.75, 3.05) is 32.5 Å². The van der Waals surface area contributed by atoms with Gasteiger partial charge in [0.1, 0.15) is 18.4 Å². The van der Waals surface area contributed by atoms with Crippen molar-refractivity contribution in [2.45, 2.75) is 32.2 Å². The van der Waals surface area contributed by atoms with Gasteiger partial charge in [-0.05, 0) is 18.6 Å². The number of carbonyl (C=O) groups is 1. The highest BCUT2D eigenvalue weighted by atomic mass is 32.2. The Hall–Kier alpha value is -1.60. The van der Waals surface area contributed by atoms with E-state index in [4.69, 9.17) is 4.74 Å². The van der Waals surface area contributed by atoms with Crippen molar-refractivity contribution in [1.82, 2.24) is 9.21 Å². The molecule has 134 valence electrons. The fourth-order valence-corrected chi connectivity index (χ4v) is 4.26. The molecule has 1 heterocycles. The zero-order chi connectivity index (χ0) is 17.6. The van der Waals surface area contributed by atoms with E-state index in [1.54, 1.807) is 24.1 Å². The molecule has 24 heavy (non-hydrogen) atoms. The fraction of sp³-hybridized carbons (Fsp3) is 0.588. The van der Waals surface area contributed by atoms with E-state index in [1.807, 2.05) is 25.1 Å². The van der Waals surface area contributed by atoms with Gasteiger partial charge in [-0.1, -0.05) is 38.0 Å². The molecule has 0 bridgehead atoms. The minimum Gasteiger partial charge on any atom is -0.492 e. The summed E-state index contributed by atoms with van der Waals surface area (Å²) in [6.45, 7) is 2.89. The number of benzene rings is 1. The first kappa shape index (κ1) is 18.7. The quantitative estimate of drug-likeness (QED) is 0.713. The maximum absolute atomic E-state index is 12.7. The molecule has 1 aromatic carbocycles. The molecule has 1 aromatic rings. The van der Waals surface area contributed by atoms with Gasteiger partial charge in [0.05, 0.1) is 5.75 Å². The minimum absolute atomic E-state index is 0.0768. The summed E-state index contributed by atoms with van der Waals surface area (Å²) in [5.41, 5.74) is 0. The van der Waals surface area contributed by atoms with Crippen LogP contribution in [0.4, 0.5) is 0 Å². The fourth-order valence-electron chi connectivity index (χ4n) is 2.79. The number of likely N-dealkylation sites (N-methyl/N-ethyl adjacent to an activating group) is 1. The van der Waals surface area contributed by atoms with Gasteiger partial charge in [0.15, 0.2) is 0 Å². The maximum Gasteiger partial charge on any atom is 0.240 e. The lowest BCUT2D eigenvalue weighted by atomic mass is 10.1. The smallest absolute Gasteiger partial charge is 0.240 e. The average molecular weight is 354 g/mol. The molecule has 7 heteroatoms. The first-order valence-corrected chi connectivity index (χ1v) is 9.99. The van der Waals surface area contributed by atoms with Crippen molar-refractivity contribution >= 4 is 15.9 Å². The molecule has 0 aromatic heterocycles. The number of hydrogen-bond donors (Lipinski definition) is 0. The van der Waals surface area contributed by atoms with Gasteiger partial charge in [-0.2, -0.15) is 4.31 Å². The molecule has 0 aliphatic carbocycles. The van der Waals surface area contributed by atoms with Crippen LogP contribution in [0.25, 0.3) is 0 Å². The number of rotatable bonds is 8. The van der Waals surface area contributed by atoms with Crippen LogP contribution in [0, 0.1) is 0 Å². The van der Waals surface area contributed by atoms with E-state index in [1.165, 1.54) is 4.31 Å². The molecule has 1 aliphatic heterocycles. The number of amides is 1. The largest absolute Gasteiger partial charge is 0.492 e. The minimum atomic E-state index is -3.53. The second kappa shape index (κ2) is 8.48. The van der Waals surface area contributed by atoms with E-state index in [0.717, 1.165) is 12.8 Å². The van der Waals surface area contributed by atoms with E-state index in [-0.39, 0.29) is 18.3 Å². The Bertz CT molecular complexity index is 633. The van der Waals surface area contributed by atoms with E-state index >= 15 is 0 Å². The van der Waals surface area contributed by atoms with Gasteiger partial charge < -0.3 is 9.64 Å². The summed E-state index contributed by atoms with van der Waals surface area (Å²) >= 11 is 0. The highest BCUT2D eigenvalue weighted by molar-refractivity contribution is 7.89. The topological polar surface area (TPSA) is 66.9 Å². The van der Waals surface area contributed by atoms with Crippen LogP contribution in [0.15, 0.2) is 30.3 Å². The standard InChI is InChI=1S/C17H26N2O4S/c1-3-4-10-16-17(20)18(2)11-12-19(16)24(21,22)14-13-23-15-8-6-5-7-9-15/h5-9,16H,3-4,10-14H2,1-2H3/t16-/m0/s1. The predicted octanol–water partition coefficient (Wildman–Crippen LogP) is 1.73. The van der Waals surface area contributed by atoms with Crippen LogP contribution in [0.5, 0.6) is 5.75 Å². The van der Waals surface area contributed by atoms with Crippen LogP contribution in [-0.2, 0) is 14.8 Å². The van der Waals surface area contributed by atoms with Gasteiger partial charge in [-0.15, -0.1) is 0 Å². The molecule has 1 aliphatic rings. The normalized spacial score (nSPS) is 19.5. The molecule has 2 rings (SSSR count). The predicted molar refractivity (Wildman–Crippen MR) is 93.4 cm³/mol. The molecule has 1 fully saturated rings. The van der Waals surface area contributed by atoms with Crippen molar-refractivity contribution in [1.29, 1.82) is 0 Å². The van der Waals surface area contributed by atoms with Gasteiger partial charge in [-0.25, -0.2) is 8.42 Å². The number of sulfonamides is 1. The maximum atomic E-state index is 12.7. The lowest BCUT2D eigenvalue weighted by Crippen LogP contribution is -2.58. The number of unbranched alkanes of at least 4 members (excludes halogenated alkanes) is 1. The van der Waals surface area contributed by atoms with E-state index in [9.17, 15) is 13.2 Å². The van der Waals surface area contributed by atoms with Crippen LogP contribution in [0.2, 0.25) is 0 Å². The SMILES string of the molecule is CCCC[C@H]1C(=O)N(C)CCN1S(=O)(=O)CCOc1ccccc1. The van der Waals surface area contributed by atoms with Crippen LogP contribution >= 0.6 is 0 Å². The monoisotopic (exact) mass is 354 g/mol. The Morgan fingerprint density at radius 1 is 1.21 bits per heavy atom. The summed E-state index contributed by atoms with van der Waals surface area (Å²) in [7, 11) is -1.80. The molecule has 6 nitrogen and oxygen atoms in total. The highest BCUT2D eigenvalue weighted by Gasteiger charge is 2.39. The summed E-state index contributed by atoms with van der Waals surface area (Å²) in [6.07, 6.45) is 2.33. The second-order valence-electron chi connectivity index (χ2n) is 6.01. The number of ether oxygens (including phenoxy) is 1. The Kier molecular flexibility index (Phi) is 6.62. The van der Waals surface area contributed by atoms with Crippen molar-refractivity contribution in [3.05, 3.63) is 30.3 Å². The summed E-state index contributed by atoms with van der Waals surface area (Å²) in [4.78, 5) is 14.0. The van der Waals surface area contributed by atoms with Gasteiger partial charge >= 0.3 is 0 Å². The number of para-hydroxylation sites is 1. The van der Waals surface area contributed by atoms with Gasteiger partial charge in [-0.3, -0.25) is 4.79 Å². The van der Waals surface area contributed by atoms with Crippen LogP contribution in [0.1, 0.15) is 26.2 Å². The van der Waals surface area contributed by atoms with Crippen LogP contribution in [0.3, 0.4) is 0 Å². The van der Waals surface area contributed by atoms with Crippen molar-refractivity contribution in [3.63, 3.8) is 0 Å². The number of hydrogen-bond acceptors (Lipinski definition) is 4. The Morgan fingerprint density at radius 3 is 2.58 bits per heavy atom. The molecule has 1 atom stereocenters. The zero-order valence-corrected chi connectivity index (χ0v) is 15.2. The van der Waals surface area contributed by atoms with Gasteiger partial charge in [0.2, 0.25) is 15.9 Å². The Balaban J connectivity index is 2.00. The third kappa shape index (κ3) is 4.70. The first-order valence-electron chi connectivity index (χ1n) is 8.38. The van der Waals surface area contributed by atoms with Crippen LogP contribution in [-0.4, -0.2) is 62.1 Å². The summed E-state index contributed by atoms with van der Waals surface area (Å²) in [5, 5.41) is 0.